The van der Waals surface area contributed by atoms with E-state index in [1.54, 1.807) is 48.5 Å². The van der Waals surface area contributed by atoms with Crippen molar-refractivity contribution in [3.05, 3.63) is 105 Å². The average Bonchev–Trinajstić information content (AvgIpc) is 3.21. The Morgan fingerprint density at radius 1 is 0.892 bits per heavy atom. The van der Waals surface area contributed by atoms with Crippen LogP contribution in [0.15, 0.2) is 72.8 Å². The van der Waals surface area contributed by atoms with Gasteiger partial charge in [-0.25, -0.2) is 14.1 Å². The first-order valence-corrected chi connectivity index (χ1v) is 11.8. The van der Waals surface area contributed by atoms with Crippen molar-refractivity contribution in [3.63, 3.8) is 0 Å². The van der Waals surface area contributed by atoms with E-state index in [1.165, 1.54) is 29.8 Å². The number of halogens is 6. The molecule has 3 aromatic carbocycles. The van der Waals surface area contributed by atoms with E-state index in [1.807, 2.05) is 0 Å². The first-order valence-electron chi connectivity index (χ1n) is 11.0. The summed E-state index contributed by atoms with van der Waals surface area (Å²) in [5.74, 6) is 0.161. The summed E-state index contributed by atoms with van der Waals surface area (Å²) >= 11 is 12.1. The van der Waals surface area contributed by atoms with Gasteiger partial charge in [0.1, 0.15) is 18.2 Å². The smallest absolute Gasteiger partial charge is 0.417 e. The van der Waals surface area contributed by atoms with Gasteiger partial charge in [-0.2, -0.15) is 18.3 Å². The van der Waals surface area contributed by atoms with Crippen molar-refractivity contribution < 1.29 is 22.3 Å². The molecule has 0 unspecified atom stereocenters. The SMILES string of the molecule is Cc1nn(-c2ccc(Cl)c(Cl)c2)c2nc(-c3ccc(OCc4ccc(F)cc4)cc3)cc(C(F)(F)F)c12. The number of ether oxygens (including phenoxy) is 1. The number of fused-ring (bicyclic) bond motifs is 1. The number of hydrogen-bond acceptors (Lipinski definition) is 3. The Hall–Kier alpha value is -3.62. The Bertz CT molecular complexity index is 1600. The molecule has 0 aliphatic rings. The third kappa shape index (κ3) is 5.12. The van der Waals surface area contributed by atoms with Crippen molar-refractivity contribution in [2.24, 2.45) is 0 Å². The first kappa shape index (κ1) is 25.0. The third-order valence-electron chi connectivity index (χ3n) is 5.73. The summed E-state index contributed by atoms with van der Waals surface area (Å²) < 4.78 is 62.5. The molecule has 0 atom stereocenters. The van der Waals surface area contributed by atoms with E-state index in [2.05, 4.69) is 10.1 Å². The molecule has 0 amide bonds. The molecule has 0 spiro atoms. The number of nitrogens with zero attached hydrogens (tertiary/aromatic N) is 3. The van der Waals surface area contributed by atoms with Crippen LogP contribution in [-0.4, -0.2) is 14.8 Å². The minimum Gasteiger partial charge on any atom is -0.489 e. The Labute approximate surface area is 219 Å². The van der Waals surface area contributed by atoms with Crippen molar-refractivity contribution >= 4 is 34.2 Å². The Balaban J connectivity index is 1.54. The molecule has 0 N–H and O–H groups in total. The summed E-state index contributed by atoms with van der Waals surface area (Å²) in [6.07, 6.45) is -4.63. The lowest BCUT2D eigenvalue weighted by Gasteiger charge is -2.12. The zero-order valence-electron chi connectivity index (χ0n) is 19.2. The van der Waals surface area contributed by atoms with Gasteiger partial charge in [0.15, 0.2) is 5.65 Å². The molecule has 188 valence electrons. The van der Waals surface area contributed by atoms with Gasteiger partial charge >= 0.3 is 6.18 Å². The summed E-state index contributed by atoms with van der Waals surface area (Å²) in [6.45, 7) is 1.71. The quantitative estimate of drug-likeness (QED) is 0.208. The number of rotatable bonds is 5. The number of alkyl halides is 3. The van der Waals surface area contributed by atoms with E-state index in [0.717, 1.165) is 11.6 Å². The normalized spacial score (nSPS) is 11.8. The molecule has 5 aromatic rings. The number of aryl methyl sites for hydroxylation is 1. The average molecular weight is 546 g/mol. The van der Waals surface area contributed by atoms with E-state index < -0.39 is 11.7 Å². The zero-order chi connectivity index (χ0) is 26.3. The van der Waals surface area contributed by atoms with Crippen molar-refractivity contribution in [2.45, 2.75) is 19.7 Å². The van der Waals surface area contributed by atoms with Crippen LogP contribution in [0.2, 0.25) is 10.0 Å². The minimum absolute atomic E-state index is 0.0392. The highest BCUT2D eigenvalue weighted by molar-refractivity contribution is 6.42. The second-order valence-corrected chi connectivity index (χ2v) is 9.10. The molecule has 4 nitrogen and oxygen atoms in total. The van der Waals surface area contributed by atoms with E-state index >= 15 is 0 Å². The zero-order valence-corrected chi connectivity index (χ0v) is 20.7. The van der Waals surface area contributed by atoms with E-state index in [4.69, 9.17) is 27.9 Å². The lowest BCUT2D eigenvalue weighted by atomic mass is 10.0. The summed E-state index contributed by atoms with van der Waals surface area (Å²) in [5, 5.41) is 4.78. The van der Waals surface area contributed by atoms with Crippen molar-refractivity contribution in [3.8, 4) is 22.7 Å². The number of hydrogen-bond donors (Lipinski definition) is 0. The highest BCUT2D eigenvalue weighted by Gasteiger charge is 2.36. The molecule has 37 heavy (non-hydrogen) atoms. The highest BCUT2D eigenvalue weighted by atomic mass is 35.5. The van der Waals surface area contributed by atoms with Crippen LogP contribution in [0, 0.1) is 12.7 Å². The largest absolute Gasteiger partial charge is 0.489 e. The minimum atomic E-state index is -4.63. The molecule has 0 aliphatic heterocycles. The summed E-state index contributed by atoms with van der Waals surface area (Å²) in [5.41, 5.74) is 1.16. The van der Waals surface area contributed by atoms with Crippen LogP contribution in [-0.2, 0) is 12.8 Å². The summed E-state index contributed by atoms with van der Waals surface area (Å²) in [4.78, 5) is 4.55. The fraction of sp³-hybridized carbons (Fsp3) is 0.111. The Kier molecular flexibility index (Phi) is 6.56. The van der Waals surface area contributed by atoms with Gasteiger partial charge in [-0.3, -0.25) is 0 Å². The molecular weight excluding hydrogens is 529 g/mol. The van der Waals surface area contributed by atoms with Crippen LogP contribution in [0.1, 0.15) is 16.8 Å². The van der Waals surface area contributed by atoms with Crippen LogP contribution in [0.4, 0.5) is 17.6 Å². The van der Waals surface area contributed by atoms with Gasteiger partial charge in [0.2, 0.25) is 0 Å². The molecule has 0 fully saturated rings. The molecular formula is C27H17Cl2F4N3O. The lowest BCUT2D eigenvalue weighted by Crippen LogP contribution is -2.08. The monoisotopic (exact) mass is 545 g/mol. The summed E-state index contributed by atoms with van der Waals surface area (Å²) in [7, 11) is 0. The van der Waals surface area contributed by atoms with Gasteiger partial charge in [0.05, 0.1) is 38.1 Å². The van der Waals surface area contributed by atoms with E-state index in [9.17, 15) is 17.6 Å². The topological polar surface area (TPSA) is 39.9 Å². The van der Waals surface area contributed by atoms with Crippen LogP contribution in [0.25, 0.3) is 28.0 Å². The van der Waals surface area contributed by atoms with Gasteiger partial charge < -0.3 is 4.74 Å². The van der Waals surface area contributed by atoms with E-state index in [-0.39, 0.29) is 39.9 Å². The fourth-order valence-corrected chi connectivity index (χ4v) is 4.22. The van der Waals surface area contributed by atoms with Gasteiger partial charge in [-0.05, 0) is 73.2 Å². The highest BCUT2D eigenvalue weighted by Crippen LogP contribution is 2.39. The molecule has 0 aliphatic carbocycles. The molecule has 0 saturated heterocycles. The van der Waals surface area contributed by atoms with Crippen LogP contribution < -0.4 is 4.74 Å². The van der Waals surface area contributed by atoms with Crippen LogP contribution >= 0.6 is 23.2 Å². The number of pyridine rings is 1. The van der Waals surface area contributed by atoms with Gasteiger partial charge in [-0.1, -0.05) is 35.3 Å². The predicted octanol–water partition coefficient (Wildman–Crippen LogP) is 8.44. The maximum atomic E-state index is 14.1. The molecule has 0 saturated carbocycles. The molecule has 5 rings (SSSR count). The maximum absolute atomic E-state index is 14.1. The first-order chi connectivity index (χ1) is 17.6. The van der Waals surface area contributed by atoms with Crippen molar-refractivity contribution in [2.75, 3.05) is 0 Å². The Morgan fingerprint density at radius 2 is 1.59 bits per heavy atom. The predicted molar refractivity (Wildman–Crippen MR) is 135 cm³/mol. The van der Waals surface area contributed by atoms with Crippen molar-refractivity contribution in [1.82, 2.24) is 14.8 Å². The second-order valence-electron chi connectivity index (χ2n) is 8.29. The maximum Gasteiger partial charge on any atom is 0.417 e. The number of benzene rings is 3. The number of aromatic nitrogens is 3. The molecule has 2 aromatic heterocycles. The van der Waals surface area contributed by atoms with Crippen LogP contribution in [0.5, 0.6) is 5.75 Å². The molecule has 2 heterocycles. The van der Waals surface area contributed by atoms with Gasteiger partial charge in [-0.15, -0.1) is 0 Å². The molecule has 0 bridgehead atoms. The standard InChI is InChI=1S/C27H17Cl2F4N3O/c1-15-25-21(27(31,32)33)13-24(34-26(25)36(35-15)19-8-11-22(28)23(29)12-19)17-4-9-20(10-5-17)37-14-16-2-6-18(30)7-3-16/h2-13H,14H2,1H3. The van der Waals surface area contributed by atoms with E-state index in [0.29, 0.717) is 22.0 Å². The molecule has 0 radical (unpaired) electrons. The van der Waals surface area contributed by atoms with Gasteiger partial charge in [0.25, 0.3) is 0 Å². The van der Waals surface area contributed by atoms with Gasteiger partial charge in [0, 0.05) is 5.56 Å². The van der Waals surface area contributed by atoms with Crippen molar-refractivity contribution in [1.29, 1.82) is 0 Å². The van der Waals surface area contributed by atoms with Crippen LogP contribution in [0.3, 0.4) is 0 Å². The Morgan fingerprint density at radius 3 is 2.24 bits per heavy atom. The fourth-order valence-electron chi connectivity index (χ4n) is 3.93. The second kappa shape index (κ2) is 9.68. The summed E-state index contributed by atoms with van der Waals surface area (Å²) in [6, 6.07) is 18.1. The lowest BCUT2D eigenvalue weighted by molar-refractivity contribution is -0.136. The molecule has 10 heteroatoms. The third-order valence-corrected chi connectivity index (χ3v) is 6.47.